The number of Topliss-reactive ketones (excluding diaryl/α,β-unsaturated/α-hetero) is 1. The summed E-state index contributed by atoms with van der Waals surface area (Å²) >= 11 is 0. The van der Waals surface area contributed by atoms with Gasteiger partial charge < -0.3 is 4.90 Å². The monoisotopic (exact) mass is 247 g/mol. The summed E-state index contributed by atoms with van der Waals surface area (Å²) in [5, 5.41) is 0. The second-order valence-electron chi connectivity index (χ2n) is 5.16. The average molecular weight is 247 g/mol. The highest BCUT2D eigenvalue weighted by Crippen LogP contribution is 2.09. The van der Waals surface area contributed by atoms with E-state index in [0.29, 0.717) is 12.5 Å². The Morgan fingerprint density at radius 2 is 2.11 bits per heavy atom. The molecule has 0 bridgehead atoms. The van der Waals surface area contributed by atoms with Gasteiger partial charge in [-0.25, -0.2) is 0 Å². The summed E-state index contributed by atoms with van der Waals surface area (Å²) in [7, 11) is 2.10. The van der Waals surface area contributed by atoms with Gasteiger partial charge in [-0.05, 0) is 33.4 Å². The zero-order valence-corrected chi connectivity index (χ0v) is 12.1. The molecule has 0 fully saturated rings. The van der Waals surface area contributed by atoms with Crippen molar-refractivity contribution in [1.29, 1.82) is 0 Å². The van der Waals surface area contributed by atoms with Gasteiger partial charge in [-0.3, -0.25) is 4.79 Å². The Hall–Kier alpha value is -1.15. The zero-order valence-electron chi connectivity index (χ0n) is 12.1. The first-order chi connectivity index (χ1) is 8.54. The fraction of sp³-hybridized carbons (Fsp3) is 0.562. The number of hydrogen-bond donors (Lipinski definition) is 0. The summed E-state index contributed by atoms with van der Waals surface area (Å²) in [6.07, 6.45) is 2.99. The van der Waals surface area contributed by atoms with E-state index >= 15 is 0 Å². The van der Waals surface area contributed by atoms with E-state index in [1.54, 1.807) is 0 Å². The van der Waals surface area contributed by atoms with Crippen molar-refractivity contribution in [2.24, 2.45) is 0 Å². The predicted octanol–water partition coefficient (Wildman–Crippen LogP) is 3.69. The van der Waals surface area contributed by atoms with Crippen LogP contribution < -0.4 is 0 Å². The van der Waals surface area contributed by atoms with Gasteiger partial charge in [-0.15, -0.1) is 0 Å². The van der Waals surface area contributed by atoms with Crippen LogP contribution in [0.4, 0.5) is 0 Å². The first kappa shape index (κ1) is 14.9. The van der Waals surface area contributed by atoms with Crippen LogP contribution in [0.2, 0.25) is 0 Å². The Morgan fingerprint density at radius 1 is 1.39 bits per heavy atom. The highest BCUT2D eigenvalue weighted by atomic mass is 16.1. The molecule has 1 rings (SSSR count). The van der Waals surface area contributed by atoms with E-state index in [0.717, 1.165) is 17.7 Å². The molecule has 1 aromatic rings. The molecular weight excluding hydrogens is 222 g/mol. The molecule has 2 nitrogen and oxygen atoms in total. The van der Waals surface area contributed by atoms with Gasteiger partial charge in [0, 0.05) is 24.6 Å². The molecule has 0 saturated carbocycles. The lowest BCUT2D eigenvalue weighted by molar-refractivity contribution is 0.0961. The maximum Gasteiger partial charge on any atom is 0.164 e. The molecule has 0 aliphatic rings. The molecule has 0 heterocycles. The van der Waals surface area contributed by atoms with Crippen LogP contribution >= 0.6 is 0 Å². The first-order valence-electron chi connectivity index (χ1n) is 6.84. The number of benzene rings is 1. The number of carbonyl (C=O) groups is 1. The van der Waals surface area contributed by atoms with Gasteiger partial charge in [0.15, 0.2) is 5.78 Å². The molecule has 18 heavy (non-hydrogen) atoms. The van der Waals surface area contributed by atoms with Crippen molar-refractivity contribution < 1.29 is 4.79 Å². The highest BCUT2D eigenvalue weighted by molar-refractivity contribution is 5.96. The van der Waals surface area contributed by atoms with Gasteiger partial charge >= 0.3 is 0 Å². The van der Waals surface area contributed by atoms with Crippen molar-refractivity contribution in [3.63, 3.8) is 0 Å². The minimum absolute atomic E-state index is 0.245. The lowest BCUT2D eigenvalue weighted by Crippen LogP contribution is -2.31. The van der Waals surface area contributed by atoms with E-state index in [4.69, 9.17) is 0 Å². The fourth-order valence-corrected chi connectivity index (χ4v) is 2.10. The molecule has 2 heteroatoms. The largest absolute Gasteiger partial charge is 0.303 e. The third-order valence-corrected chi connectivity index (χ3v) is 3.49. The number of rotatable bonds is 7. The molecule has 0 radical (unpaired) electrons. The van der Waals surface area contributed by atoms with Crippen molar-refractivity contribution in [2.45, 2.75) is 46.1 Å². The van der Waals surface area contributed by atoms with E-state index in [9.17, 15) is 4.79 Å². The van der Waals surface area contributed by atoms with E-state index in [2.05, 4.69) is 25.8 Å². The summed E-state index contributed by atoms with van der Waals surface area (Å²) in [6.45, 7) is 7.28. The van der Waals surface area contributed by atoms with Crippen LogP contribution in [0.5, 0.6) is 0 Å². The third-order valence-electron chi connectivity index (χ3n) is 3.49. The minimum Gasteiger partial charge on any atom is -0.303 e. The van der Waals surface area contributed by atoms with Crippen LogP contribution in [-0.4, -0.2) is 30.3 Å². The van der Waals surface area contributed by atoms with Crippen LogP contribution in [0.15, 0.2) is 24.3 Å². The van der Waals surface area contributed by atoms with Crippen LogP contribution in [-0.2, 0) is 0 Å². The van der Waals surface area contributed by atoms with Crippen molar-refractivity contribution in [3.8, 4) is 0 Å². The molecule has 0 saturated heterocycles. The first-order valence-corrected chi connectivity index (χ1v) is 6.84. The highest BCUT2D eigenvalue weighted by Gasteiger charge is 2.11. The summed E-state index contributed by atoms with van der Waals surface area (Å²) in [4.78, 5) is 14.3. The lowest BCUT2D eigenvalue weighted by Gasteiger charge is -2.23. The molecule has 0 aromatic heterocycles. The molecule has 0 amide bonds. The number of nitrogens with zero attached hydrogens (tertiary/aromatic N) is 1. The Kier molecular flexibility index (Phi) is 6.06. The van der Waals surface area contributed by atoms with Crippen molar-refractivity contribution in [3.05, 3.63) is 35.4 Å². The van der Waals surface area contributed by atoms with E-state index in [-0.39, 0.29) is 5.78 Å². The molecule has 100 valence electrons. The maximum absolute atomic E-state index is 12.1. The molecule has 0 aliphatic heterocycles. The SMILES string of the molecule is CCCC(C)N(C)CCC(=O)c1cccc(C)c1. The third kappa shape index (κ3) is 4.61. The Morgan fingerprint density at radius 3 is 2.72 bits per heavy atom. The van der Waals surface area contributed by atoms with Gasteiger partial charge in [0.2, 0.25) is 0 Å². The van der Waals surface area contributed by atoms with Gasteiger partial charge in [0.25, 0.3) is 0 Å². The van der Waals surface area contributed by atoms with Crippen LogP contribution in [0, 0.1) is 6.92 Å². The second-order valence-corrected chi connectivity index (χ2v) is 5.16. The average Bonchev–Trinajstić information content (AvgIpc) is 2.35. The summed E-state index contributed by atoms with van der Waals surface area (Å²) in [5.74, 6) is 0.245. The Labute approximate surface area is 111 Å². The second kappa shape index (κ2) is 7.32. The van der Waals surface area contributed by atoms with Gasteiger partial charge in [-0.1, -0.05) is 37.1 Å². The number of hydrogen-bond acceptors (Lipinski definition) is 2. The summed E-state index contributed by atoms with van der Waals surface area (Å²) in [5.41, 5.74) is 1.99. The van der Waals surface area contributed by atoms with Gasteiger partial charge in [-0.2, -0.15) is 0 Å². The normalized spacial score (nSPS) is 12.7. The Balaban J connectivity index is 2.46. The summed E-state index contributed by atoms with van der Waals surface area (Å²) in [6, 6.07) is 8.40. The van der Waals surface area contributed by atoms with Crippen LogP contribution in [0.1, 0.15) is 49.0 Å². The topological polar surface area (TPSA) is 20.3 Å². The van der Waals surface area contributed by atoms with Crippen LogP contribution in [0.25, 0.3) is 0 Å². The molecule has 0 N–H and O–H groups in total. The van der Waals surface area contributed by atoms with E-state index in [1.807, 2.05) is 31.2 Å². The van der Waals surface area contributed by atoms with Gasteiger partial charge in [0.1, 0.15) is 0 Å². The van der Waals surface area contributed by atoms with Crippen molar-refractivity contribution in [2.75, 3.05) is 13.6 Å². The van der Waals surface area contributed by atoms with Gasteiger partial charge in [0.05, 0.1) is 0 Å². The zero-order chi connectivity index (χ0) is 13.5. The smallest absolute Gasteiger partial charge is 0.164 e. The molecule has 0 aliphatic carbocycles. The van der Waals surface area contributed by atoms with E-state index in [1.165, 1.54) is 12.8 Å². The number of carbonyl (C=O) groups excluding carboxylic acids is 1. The predicted molar refractivity (Wildman–Crippen MR) is 77.1 cm³/mol. The standard InChI is InChI=1S/C16H25NO/c1-5-7-14(3)17(4)11-10-16(18)15-9-6-8-13(2)12-15/h6,8-9,12,14H,5,7,10-11H2,1-4H3. The molecule has 0 spiro atoms. The molecule has 1 atom stereocenters. The quantitative estimate of drug-likeness (QED) is 0.685. The number of aryl methyl sites for hydroxylation is 1. The van der Waals surface area contributed by atoms with Crippen molar-refractivity contribution in [1.82, 2.24) is 4.90 Å². The minimum atomic E-state index is 0.245. The molecule has 1 unspecified atom stereocenters. The number of ketones is 1. The van der Waals surface area contributed by atoms with E-state index < -0.39 is 0 Å². The van der Waals surface area contributed by atoms with Crippen molar-refractivity contribution >= 4 is 5.78 Å². The van der Waals surface area contributed by atoms with Crippen LogP contribution in [0.3, 0.4) is 0 Å². The molecular formula is C16H25NO. The lowest BCUT2D eigenvalue weighted by atomic mass is 10.1. The summed E-state index contributed by atoms with van der Waals surface area (Å²) < 4.78 is 0. The fourth-order valence-electron chi connectivity index (χ4n) is 2.10. The maximum atomic E-state index is 12.1. The molecule has 1 aromatic carbocycles. The Bertz CT molecular complexity index is 386.